The zero-order valence-electron chi connectivity index (χ0n) is 16.3. The number of benzene rings is 2. The van der Waals surface area contributed by atoms with Crippen molar-refractivity contribution in [3.8, 4) is 0 Å². The lowest BCUT2D eigenvalue weighted by Gasteiger charge is -2.21. The summed E-state index contributed by atoms with van der Waals surface area (Å²) in [5, 5.41) is 5.55. The standard InChI is InChI=1S/C23H20N4O3/c1-23(19-9-5-6-14-24-19)21(29)27(22(30)26-23)15-16-10-12-17(13-11-16)20(28)25-18-7-3-2-4-8-18/h2-14H,15H2,1H3,(H,25,28)(H,26,30)/t23-/m1/s1. The molecule has 2 N–H and O–H groups in total. The summed E-state index contributed by atoms with van der Waals surface area (Å²) in [6.45, 7) is 1.75. The minimum Gasteiger partial charge on any atom is -0.322 e. The summed E-state index contributed by atoms with van der Waals surface area (Å²) in [5.41, 5.74) is 1.21. The van der Waals surface area contributed by atoms with E-state index < -0.39 is 11.6 Å². The number of rotatable bonds is 5. The number of imide groups is 1. The molecule has 0 radical (unpaired) electrons. The van der Waals surface area contributed by atoms with Gasteiger partial charge in [0.2, 0.25) is 0 Å². The maximum absolute atomic E-state index is 13.0. The largest absolute Gasteiger partial charge is 0.325 e. The van der Waals surface area contributed by atoms with Crippen molar-refractivity contribution in [3.05, 3.63) is 95.8 Å². The Bertz CT molecular complexity index is 1080. The average molecular weight is 400 g/mol. The number of para-hydroxylation sites is 1. The summed E-state index contributed by atoms with van der Waals surface area (Å²) in [4.78, 5) is 43.2. The van der Waals surface area contributed by atoms with Gasteiger partial charge in [0.1, 0.15) is 0 Å². The molecule has 0 bridgehead atoms. The molecule has 1 atom stereocenters. The number of aromatic nitrogens is 1. The van der Waals surface area contributed by atoms with E-state index in [0.717, 1.165) is 10.5 Å². The number of carbonyl (C=O) groups is 3. The predicted octanol–water partition coefficient (Wildman–Crippen LogP) is 3.30. The van der Waals surface area contributed by atoms with E-state index in [9.17, 15) is 14.4 Å². The number of amides is 4. The number of hydrogen-bond donors (Lipinski definition) is 2. The van der Waals surface area contributed by atoms with Crippen LogP contribution in [0, 0.1) is 0 Å². The molecule has 1 aliphatic rings. The molecule has 4 rings (SSSR count). The topological polar surface area (TPSA) is 91.4 Å². The normalized spacial score (nSPS) is 18.2. The Morgan fingerprint density at radius 2 is 1.70 bits per heavy atom. The summed E-state index contributed by atoms with van der Waals surface area (Å²) in [6, 6.07) is 20.7. The van der Waals surface area contributed by atoms with Crippen LogP contribution in [0.3, 0.4) is 0 Å². The molecule has 3 aromatic rings. The average Bonchev–Trinajstić information content (AvgIpc) is 2.99. The number of carbonyl (C=O) groups excluding carboxylic acids is 3. The van der Waals surface area contributed by atoms with Gasteiger partial charge < -0.3 is 10.6 Å². The van der Waals surface area contributed by atoms with E-state index in [-0.39, 0.29) is 18.4 Å². The van der Waals surface area contributed by atoms with Crippen molar-refractivity contribution in [2.24, 2.45) is 0 Å². The van der Waals surface area contributed by atoms with Gasteiger partial charge in [0.15, 0.2) is 5.54 Å². The molecule has 1 aliphatic heterocycles. The third kappa shape index (κ3) is 3.65. The number of anilines is 1. The van der Waals surface area contributed by atoms with Crippen molar-refractivity contribution in [3.63, 3.8) is 0 Å². The van der Waals surface area contributed by atoms with Crippen LogP contribution in [-0.4, -0.2) is 27.7 Å². The highest BCUT2D eigenvalue weighted by atomic mass is 16.2. The Kier molecular flexibility index (Phi) is 5.02. The molecule has 1 aromatic heterocycles. The molecule has 2 heterocycles. The Labute approximate surface area is 173 Å². The molecule has 0 saturated carbocycles. The number of pyridine rings is 1. The molecule has 4 amide bonds. The van der Waals surface area contributed by atoms with Gasteiger partial charge in [0.25, 0.3) is 11.8 Å². The van der Waals surface area contributed by atoms with Crippen LogP contribution in [0.5, 0.6) is 0 Å². The van der Waals surface area contributed by atoms with Crippen molar-refractivity contribution in [2.75, 3.05) is 5.32 Å². The van der Waals surface area contributed by atoms with Crippen LogP contribution in [0.1, 0.15) is 28.5 Å². The minimum absolute atomic E-state index is 0.105. The summed E-state index contributed by atoms with van der Waals surface area (Å²) in [7, 11) is 0. The van der Waals surface area contributed by atoms with Crippen LogP contribution in [-0.2, 0) is 16.9 Å². The van der Waals surface area contributed by atoms with Gasteiger partial charge >= 0.3 is 6.03 Å². The Balaban J connectivity index is 1.46. The van der Waals surface area contributed by atoms with Crippen LogP contribution in [0.4, 0.5) is 10.5 Å². The third-order valence-corrected chi connectivity index (χ3v) is 5.04. The SMILES string of the molecule is C[C@]1(c2ccccn2)NC(=O)N(Cc2ccc(C(=O)Nc3ccccc3)cc2)C1=O. The summed E-state index contributed by atoms with van der Waals surface area (Å²) in [6.07, 6.45) is 1.59. The fourth-order valence-electron chi connectivity index (χ4n) is 3.34. The fraction of sp³-hybridized carbons (Fsp3) is 0.130. The minimum atomic E-state index is -1.20. The van der Waals surface area contributed by atoms with E-state index in [1.165, 1.54) is 0 Å². The predicted molar refractivity (Wildman–Crippen MR) is 112 cm³/mol. The van der Waals surface area contributed by atoms with Gasteiger partial charge in [0.05, 0.1) is 12.2 Å². The highest BCUT2D eigenvalue weighted by Crippen LogP contribution is 2.28. The van der Waals surface area contributed by atoms with Gasteiger partial charge in [-0.05, 0) is 48.9 Å². The van der Waals surface area contributed by atoms with E-state index in [1.807, 2.05) is 30.3 Å². The van der Waals surface area contributed by atoms with E-state index in [0.29, 0.717) is 16.9 Å². The van der Waals surface area contributed by atoms with Gasteiger partial charge in [-0.25, -0.2) is 4.79 Å². The quantitative estimate of drug-likeness (QED) is 0.643. The molecule has 1 fully saturated rings. The van der Waals surface area contributed by atoms with E-state index in [2.05, 4.69) is 15.6 Å². The first-order valence-electron chi connectivity index (χ1n) is 9.48. The highest BCUT2D eigenvalue weighted by Gasteiger charge is 2.49. The molecule has 150 valence electrons. The smallest absolute Gasteiger partial charge is 0.322 e. The number of urea groups is 1. The molecular weight excluding hydrogens is 380 g/mol. The van der Waals surface area contributed by atoms with E-state index >= 15 is 0 Å². The lowest BCUT2D eigenvalue weighted by molar-refractivity contribution is -0.131. The molecule has 30 heavy (non-hydrogen) atoms. The van der Waals surface area contributed by atoms with Crippen LogP contribution >= 0.6 is 0 Å². The first-order valence-corrected chi connectivity index (χ1v) is 9.48. The van der Waals surface area contributed by atoms with Crippen molar-refractivity contribution in [2.45, 2.75) is 19.0 Å². The van der Waals surface area contributed by atoms with E-state index in [4.69, 9.17) is 0 Å². The van der Waals surface area contributed by atoms with Gasteiger partial charge in [-0.15, -0.1) is 0 Å². The molecule has 2 aromatic carbocycles. The number of hydrogen-bond acceptors (Lipinski definition) is 4. The molecule has 0 unspecified atom stereocenters. The highest BCUT2D eigenvalue weighted by molar-refractivity contribution is 6.07. The Morgan fingerprint density at radius 1 is 1.00 bits per heavy atom. The first kappa shape index (κ1) is 19.3. The van der Waals surface area contributed by atoms with Crippen molar-refractivity contribution in [1.82, 2.24) is 15.2 Å². The summed E-state index contributed by atoms with van der Waals surface area (Å²) in [5.74, 6) is -0.595. The first-order chi connectivity index (χ1) is 14.5. The monoisotopic (exact) mass is 400 g/mol. The second-order valence-electron chi connectivity index (χ2n) is 7.18. The maximum Gasteiger partial charge on any atom is 0.325 e. The molecule has 7 nitrogen and oxygen atoms in total. The van der Waals surface area contributed by atoms with Crippen LogP contribution < -0.4 is 10.6 Å². The molecule has 7 heteroatoms. The Hall–Kier alpha value is -4.00. The van der Waals surface area contributed by atoms with Crippen LogP contribution in [0.25, 0.3) is 0 Å². The zero-order valence-corrected chi connectivity index (χ0v) is 16.3. The third-order valence-electron chi connectivity index (χ3n) is 5.04. The number of nitrogens with zero attached hydrogens (tertiary/aromatic N) is 2. The lowest BCUT2D eigenvalue weighted by Crippen LogP contribution is -2.41. The molecule has 0 spiro atoms. The van der Waals surface area contributed by atoms with Crippen molar-refractivity contribution < 1.29 is 14.4 Å². The molecule has 0 aliphatic carbocycles. The van der Waals surface area contributed by atoms with Gasteiger partial charge in [-0.1, -0.05) is 36.4 Å². The fourth-order valence-corrected chi connectivity index (χ4v) is 3.34. The molecular formula is C23H20N4O3. The summed E-state index contributed by atoms with van der Waals surface area (Å²) >= 11 is 0. The van der Waals surface area contributed by atoms with Gasteiger partial charge in [-0.3, -0.25) is 19.5 Å². The lowest BCUT2D eigenvalue weighted by atomic mass is 9.97. The van der Waals surface area contributed by atoms with E-state index in [1.54, 1.807) is 55.6 Å². The van der Waals surface area contributed by atoms with Crippen LogP contribution in [0.15, 0.2) is 79.0 Å². The van der Waals surface area contributed by atoms with Gasteiger partial charge in [0, 0.05) is 17.4 Å². The Morgan fingerprint density at radius 3 is 2.37 bits per heavy atom. The summed E-state index contributed by atoms with van der Waals surface area (Å²) < 4.78 is 0. The van der Waals surface area contributed by atoms with Crippen molar-refractivity contribution in [1.29, 1.82) is 0 Å². The van der Waals surface area contributed by atoms with Gasteiger partial charge in [-0.2, -0.15) is 0 Å². The number of nitrogens with one attached hydrogen (secondary N) is 2. The second-order valence-corrected chi connectivity index (χ2v) is 7.18. The second kappa shape index (κ2) is 7.79. The van der Waals surface area contributed by atoms with Crippen molar-refractivity contribution >= 4 is 23.5 Å². The molecule has 1 saturated heterocycles. The zero-order chi connectivity index (χ0) is 21.1. The van der Waals surface area contributed by atoms with Crippen LogP contribution in [0.2, 0.25) is 0 Å². The maximum atomic E-state index is 13.0.